The van der Waals surface area contributed by atoms with E-state index in [1.54, 1.807) is 0 Å². The van der Waals surface area contributed by atoms with E-state index in [4.69, 9.17) is 20.2 Å². The molecule has 0 unspecified atom stereocenters. The van der Waals surface area contributed by atoms with Crippen LogP contribution in [-0.4, -0.2) is 37.0 Å². The number of rotatable bonds is 4. The van der Waals surface area contributed by atoms with Gasteiger partial charge in [-0.1, -0.05) is 25.0 Å². The summed E-state index contributed by atoms with van der Waals surface area (Å²) >= 11 is 0. The molecular weight excluding hydrogens is 226 g/mol. The molecule has 3 heteroatoms. The van der Waals surface area contributed by atoms with E-state index in [0.29, 0.717) is 0 Å². The van der Waals surface area contributed by atoms with Gasteiger partial charge in [0.25, 0.3) is 0 Å². The summed E-state index contributed by atoms with van der Waals surface area (Å²) in [6, 6.07) is 5.08. The third kappa shape index (κ3) is 2.68. The van der Waals surface area contributed by atoms with Crippen molar-refractivity contribution < 1.29 is 23.9 Å². The summed E-state index contributed by atoms with van der Waals surface area (Å²) in [4.78, 5) is -0.240. The zero-order chi connectivity index (χ0) is 22.5. The van der Waals surface area contributed by atoms with E-state index < -0.39 is 38.3 Å². The van der Waals surface area contributed by atoms with E-state index in [1.807, 2.05) is 0 Å². The average Bonchev–Trinajstić information content (AvgIpc) is 2.50. The third-order valence-corrected chi connectivity index (χ3v) is 3.11. The van der Waals surface area contributed by atoms with Gasteiger partial charge < -0.3 is 15.1 Å². The second-order valence-electron chi connectivity index (χ2n) is 4.37. The summed E-state index contributed by atoms with van der Waals surface area (Å²) < 4.78 is 87.1. The lowest BCUT2D eigenvalue weighted by molar-refractivity contribution is -0.0619. The van der Waals surface area contributed by atoms with Crippen LogP contribution in [0.15, 0.2) is 24.3 Å². The Morgan fingerprint density at radius 3 is 3.22 bits per heavy atom. The number of hydrogen-bond donors (Lipinski definition) is 2. The Morgan fingerprint density at radius 2 is 2.50 bits per heavy atom. The van der Waals surface area contributed by atoms with Gasteiger partial charge in [-0.15, -0.1) is 0 Å². The largest absolute Gasteiger partial charge is 0.508 e. The maximum atomic E-state index is 9.86. The van der Waals surface area contributed by atoms with Crippen LogP contribution < -0.4 is 0 Å². The summed E-state index contributed by atoms with van der Waals surface area (Å²) in [6.07, 6.45) is -2.50. The minimum Gasteiger partial charge on any atom is -0.508 e. The quantitative estimate of drug-likeness (QED) is 0.873. The number of aliphatic hydroxyl groups is 1. The van der Waals surface area contributed by atoms with Crippen molar-refractivity contribution in [2.75, 3.05) is 20.4 Å². The lowest BCUT2D eigenvalue weighted by atomic mass is 9.71. The average molecular weight is 260 g/mol. The number of nitrogens with zero attached hydrogens (tertiary/aromatic N) is 1. The zero-order valence-electron chi connectivity index (χ0n) is 20.8. The fraction of sp³-hybridized carbons (Fsp3) is 0.600. The molecule has 0 heterocycles. The van der Waals surface area contributed by atoms with E-state index in [2.05, 4.69) is 0 Å². The van der Waals surface area contributed by atoms with E-state index in [-0.39, 0.29) is 35.5 Å². The predicted octanol–water partition coefficient (Wildman–Crippen LogP) is 2.33. The van der Waals surface area contributed by atoms with Gasteiger partial charge in [0.05, 0.1) is 5.60 Å². The summed E-state index contributed by atoms with van der Waals surface area (Å²) in [5.74, 6) is -1.97. The SMILES string of the molecule is [2H]O[C@]1(c2cccc(O)c2)[C@H](C([2H])([2H])N(C([2H])([2H])[2H])C([2H])([2H])[2H])CCCC1([2H])[2H]. The molecule has 0 spiro atoms. The smallest absolute Gasteiger partial charge is 0.211 e. The fourth-order valence-corrected chi connectivity index (χ4v) is 2.26. The molecule has 2 N–H and O–H groups in total. The Morgan fingerprint density at radius 1 is 1.61 bits per heavy atom. The minimum atomic E-state index is -3.37. The lowest BCUT2D eigenvalue weighted by Gasteiger charge is -2.41. The molecule has 1 aliphatic rings. The molecule has 0 saturated heterocycles. The molecule has 0 radical (unpaired) electrons. The van der Waals surface area contributed by atoms with Crippen molar-refractivity contribution >= 4 is 0 Å². The van der Waals surface area contributed by atoms with Crippen LogP contribution >= 0.6 is 0 Å². The first-order chi connectivity index (χ1) is 13.0. The van der Waals surface area contributed by atoms with Crippen LogP contribution in [0.4, 0.5) is 0 Å². The van der Waals surface area contributed by atoms with Crippen LogP contribution in [0.1, 0.15) is 44.9 Å². The van der Waals surface area contributed by atoms with Crippen molar-refractivity contribution in [1.29, 1.82) is 1.43 Å². The molecule has 0 amide bonds. The molecule has 3 nitrogen and oxygen atoms in total. The molecule has 1 saturated carbocycles. The molecule has 100 valence electrons. The van der Waals surface area contributed by atoms with Crippen molar-refractivity contribution in [3.8, 4) is 5.75 Å². The highest BCUT2D eigenvalue weighted by molar-refractivity contribution is 5.32. The minimum absolute atomic E-state index is 0.0814. The summed E-state index contributed by atoms with van der Waals surface area (Å²) in [7, 11) is 0. The molecule has 0 aliphatic heterocycles. The van der Waals surface area contributed by atoms with Crippen molar-refractivity contribution in [2.24, 2.45) is 5.92 Å². The van der Waals surface area contributed by atoms with Gasteiger partial charge in [0.2, 0.25) is 1.43 Å². The van der Waals surface area contributed by atoms with Crippen LogP contribution in [0.3, 0.4) is 0 Å². The first-order valence-electron chi connectivity index (χ1n) is 11.2. The summed E-state index contributed by atoms with van der Waals surface area (Å²) in [5, 5.41) is 14.7. The van der Waals surface area contributed by atoms with Crippen LogP contribution in [0.25, 0.3) is 0 Å². The van der Waals surface area contributed by atoms with Crippen molar-refractivity contribution in [1.82, 2.24) is 4.90 Å². The highest BCUT2D eigenvalue weighted by atomic mass is 16.3. The van der Waals surface area contributed by atoms with Crippen molar-refractivity contribution in [3.05, 3.63) is 29.8 Å². The Labute approximate surface area is 125 Å². The number of phenolic OH excluding ortho intramolecular Hbond substituents is 1. The Kier molecular flexibility index (Phi) is 1.51. The van der Waals surface area contributed by atoms with Gasteiger partial charge in [0.1, 0.15) is 5.75 Å². The monoisotopic (exact) mass is 260 g/mol. The van der Waals surface area contributed by atoms with Crippen LogP contribution in [0.2, 0.25) is 0 Å². The van der Waals surface area contributed by atoms with E-state index in [1.165, 1.54) is 18.2 Å². The maximum Gasteiger partial charge on any atom is 0.211 e. The summed E-state index contributed by atoms with van der Waals surface area (Å²) in [5.41, 5.74) is -2.44. The van der Waals surface area contributed by atoms with E-state index in [9.17, 15) is 5.11 Å². The predicted molar refractivity (Wildman–Crippen MR) is 72.5 cm³/mol. The standard InChI is InChI=1S/C15H23NO2/c1-16(2)11-13-6-3-4-9-15(13,18)12-7-5-8-14(17)10-12/h5,7-8,10,13,17-18H,3-4,6,9,11H2,1-2H3/t13-,15+/m0/s1/i1D3,2D3,9D2,11D2,18D. The zero-order valence-corrected chi connectivity index (χ0v) is 9.81. The number of benzene rings is 1. The third-order valence-electron chi connectivity index (χ3n) is 3.11. The van der Waals surface area contributed by atoms with Gasteiger partial charge in [-0.25, -0.2) is 0 Å². The van der Waals surface area contributed by atoms with Gasteiger partial charge in [-0.3, -0.25) is 0 Å². The topological polar surface area (TPSA) is 43.7 Å². The lowest BCUT2D eigenvalue weighted by Crippen LogP contribution is -2.43. The second-order valence-corrected chi connectivity index (χ2v) is 4.37. The highest BCUT2D eigenvalue weighted by Gasteiger charge is 2.40. The first kappa shape index (κ1) is 5.14. The number of aromatic hydroxyl groups is 1. The molecule has 18 heavy (non-hydrogen) atoms. The van der Waals surface area contributed by atoms with Gasteiger partial charge >= 0.3 is 0 Å². The second kappa shape index (κ2) is 5.29. The Hall–Kier alpha value is -1.06. The highest BCUT2D eigenvalue weighted by Crippen LogP contribution is 2.42. The molecule has 0 bridgehead atoms. The van der Waals surface area contributed by atoms with Crippen molar-refractivity contribution in [2.45, 2.75) is 31.2 Å². The normalized spacial score (nSPS) is 42.5. The van der Waals surface area contributed by atoms with Gasteiger partial charge in [-0.2, -0.15) is 0 Å². The summed E-state index contributed by atoms with van der Waals surface area (Å²) in [6.45, 7) is -9.85. The van der Waals surface area contributed by atoms with Crippen molar-refractivity contribution in [3.63, 3.8) is 0 Å². The molecule has 0 aromatic heterocycles. The molecule has 1 aromatic carbocycles. The van der Waals surface area contributed by atoms with Gasteiger partial charge in [-0.05, 0) is 44.4 Å². The molecule has 1 fully saturated rings. The van der Waals surface area contributed by atoms with Gasteiger partial charge in [0, 0.05) is 26.1 Å². The Bertz CT molecular complexity index is 720. The molecule has 2 rings (SSSR count). The van der Waals surface area contributed by atoms with Crippen LogP contribution in [0, 0.1) is 5.92 Å². The van der Waals surface area contributed by atoms with Gasteiger partial charge in [0.15, 0.2) is 0 Å². The van der Waals surface area contributed by atoms with E-state index in [0.717, 1.165) is 6.07 Å². The van der Waals surface area contributed by atoms with Crippen LogP contribution in [0.5, 0.6) is 5.75 Å². The molecule has 1 aliphatic carbocycles. The molecular formula is C15H23NO2. The number of hydrogen-bond acceptors (Lipinski definition) is 3. The Balaban J connectivity index is 2.78. The molecule has 2 atom stereocenters. The first-order valence-corrected chi connectivity index (χ1v) is 5.76. The fourth-order valence-electron chi connectivity index (χ4n) is 2.26. The number of phenols is 1. The van der Waals surface area contributed by atoms with Crippen LogP contribution in [-0.2, 0) is 5.60 Å². The molecule has 1 aromatic rings. The van der Waals surface area contributed by atoms with E-state index >= 15 is 0 Å². The maximum absolute atomic E-state index is 9.86.